The van der Waals surface area contributed by atoms with Crippen LogP contribution in [-0.2, 0) is 24.2 Å². The quantitative estimate of drug-likeness (QED) is 0.465. The van der Waals surface area contributed by atoms with Gasteiger partial charge < -0.3 is 24.8 Å². The molecule has 0 amide bonds. The molecule has 0 aromatic carbocycles. The normalized spacial score (nSPS) is 23.3. The molecule has 2 atom stereocenters. The minimum absolute atomic E-state index is 0. The molecule has 0 spiro atoms. The van der Waals surface area contributed by atoms with Gasteiger partial charge in [-0.15, -0.1) is 0 Å². The van der Waals surface area contributed by atoms with Gasteiger partial charge in [-0.2, -0.15) is 22.3 Å². The van der Waals surface area contributed by atoms with Crippen molar-refractivity contribution in [2.75, 3.05) is 0 Å². The Labute approximate surface area is 214 Å². The summed E-state index contributed by atoms with van der Waals surface area (Å²) in [5, 5.41) is 0. The zero-order chi connectivity index (χ0) is 20.2. The maximum Gasteiger partial charge on any atom is -1.00 e. The second-order valence-corrected chi connectivity index (χ2v) is 8.53. The molecule has 30 heavy (non-hydrogen) atoms. The van der Waals surface area contributed by atoms with E-state index in [0.717, 1.165) is 0 Å². The van der Waals surface area contributed by atoms with Crippen molar-refractivity contribution in [3.63, 3.8) is 0 Å². The van der Waals surface area contributed by atoms with Gasteiger partial charge in [0.1, 0.15) is 0 Å². The molecule has 4 rings (SSSR count). The zero-order valence-electron chi connectivity index (χ0n) is 19.2. The summed E-state index contributed by atoms with van der Waals surface area (Å²) < 4.78 is 3.34. The number of rotatable bonds is 6. The molecule has 2 unspecified atom stereocenters. The van der Waals surface area contributed by atoms with Crippen LogP contribution in [0.25, 0.3) is 0 Å². The Hall–Kier alpha value is 0.293. The summed E-state index contributed by atoms with van der Waals surface area (Å²) in [5.74, 6) is 1.41. The summed E-state index contributed by atoms with van der Waals surface area (Å²) in [6.45, 7) is 4.55. The molecule has 3 heteroatoms. The van der Waals surface area contributed by atoms with E-state index in [1.807, 2.05) is 0 Å². The van der Waals surface area contributed by atoms with Crippen LogP contribution in [0.2, 0.25) is 0 Å². The van der Waals surface area contributed by atoms with Crippen molar-refractivity contribution in [1.29, 1.82) is 0 Å². The van der Waals surface area contributed by atoms with Gasteiger partial charge in [-0.05, 0) is 12.8 Å². The monoisotopic (exact) mass is 524 g/mol. The molecule has 0 aliphatic heterocycles. The standard InChI is InChI=1S/2C13H19.CH2.2ClH.Zr/c2*1-2-3-6-11-9-10-12-7-4-5-8-13(11)12;;;;/h2*10-11H,2-8H2,1H3;1H2;2*1H;/q2*-1;;;;+2/p-2. The Balaban J connectivity index is 0.000000488. The molecule has 0 aromatic rings. The molecule has 0 fully saturated rings. The fraction of sp³-hybridized carbons (Fsp3) is 0.667. The van der Waals surface area contributed by atoms with E-state index < -0.39 is 0 Å². The first-order chi connectivity index (χ1) is 13.8. The second kappa shape index (κ2) is 17.8. The molecule has 4 aliphatic rings. The molecule has 0 nitrogen and oxygen atoms in total. The van der Waals surface area contributed by atoms with Crippen LogP contribution in [0.1, 0.15) is 104 Å². The predicted octanol–water partition coefficient (Wildman–Crippen LogP) is 2.05. The summed E-state index contributed by atoms with van der Waals surface area (Å²) in [6, 6.07) is 0. The SMILES string of the molecule is CCCCC1[C-]=CC2=C1CCCC2.CCCCC1[C-]=CC2=C1CCCC2.[CH2]=[Zr+2].[Cl-].[Cl-]. The zero-order valence-corrected chi connectivity index (χ0v) is 23.1. The number of unbranched alkanes of at least 4 members (excludes halogenated alkanes) is 2. The number of hydrogen-bond acceptors (Lipinski definition) is 0. The fourth-order valence-electron chi connectivity index (χ4n) is 4.96. The maximum absolute atomic E-state index is 3.53. The summed E-state index contributed by atoms with van der Waals surface area (Å²) in [7, 11) is 0. The van der Waals surface area contributed by atoms with E-state index in [4.69, 9.17) is 0 Å². The molecule has 168 valence electrons. The molecule has 0 bridgehead atoms. The number of allylic oxidation sites excluding steroid dienone is 8. The van der Waals surface area contributed by atoms with Crippen molar-refractivity contribution in [2.24, 2.45) is 11.8 Å². The third-order valence-corrected chi connectivity index (χ3v) is 6.56. The Morgan fingerprint density at radius 1 is 0.733 bits per heavy atom. The first-order valence-electron chi connectivity index (χ1n) is 11.8. The van der Waals surface area contributed by atoms with Crippen molar-refractivity contribution in [3.05, 3.63) is 46.6 Å². The van der Waals surface area contributed by atoms with Crippen LogP contribution in [0, 0.1) is 24.0 Å². The van der Waals surface area contributed by atoms with Crippen LogP contribution in [0.4, 0.5) is 0 Å². The second-order valence-electron chi connectivity index (χ2n) is 8.53. The van der Waals surface area contributed by atoms with Crippen molar-refractivity contribution >= 4 is 4.21 Å². The summed E-state index contributed by atoms with van der Waals surface area (Å²) in [4.78, 5) is 0. The van der Waals surface area contributed by atoms with Crippen LogP contribution >= 0.6 is 0 Å². The molecular formula is C27H40Cl2Zr-2. The summed E-state index contributed by atoms with van der Waals surface area (Å²) >= 11 is 1.30. The molecule has 0 saturated carbocycles. The van der Waals surface area contributed by atoms with E-state index in [9.17, 15) is 0 Å². The largest absolute Gasteiger partial charge is 1.00 e. The van der Waals surface area contributed by atoms with Gasteiger partial charge in [0.25, 0.3) is 0 Å². The maximum atomic E-state index is 3.53. The summed E-state index contributed by atoms with van der Waals surface area (Å²) in [5.41, 5.74) is 6.74. The van der Waals surface area contributed by atoms with E-state index in [1.54, 1.807) is 22.3 Å². The third-order valence-electron chi connectivity index (χ3n) is 6.56. The van der Waals surface area contributed by atoms with E-state index in [2.05, 4.69) is 42.4 Å². The van der Waals surface area contributed by atoms with Crippen molar-refractivity contribution in [1.82, 2.24) is 0 Å². The van der Waals surface area contributed by atoms with Gasteiger partial charge in [0.15, 0.2) is 0 Å². The van der Waals surface area contributed by atoms with Gasteiger partial charge in [0, 0.05) is 0 Å². The van der Waals surface area contributed by atoms with Gasteiger partial charge in [-0.25, -0.2) is 12.2 Å². The Bertz CT molecular complexity index is 548. The van der Waals surface area contributed by atoms with Crippen LogP contribution in [-0.4, -0.2) is 4.21 Å². The number of halogens is 2. The van der Waals surface area contributed by atoms with Gasteiger partial charge in [0.2, 0.25) is 0 Å². The first kappa shape index (κ1) is 30.3. The molecule has 0 aromatic heterocycles. The van der Waals surface area contributed by atoms with E-state index in [0.29, 0.717) is 11.8 Å². The Kier molecular flexibility index (Phi) is 18.0. The van der Waals surface area contributed by atoms with Gasteiger partial charge >= 0.3 is 28.4 Å². The third kappa shape index (κ3) is 9.04. The molecule has 4 aliphatic carbocycles. The van der Waals surface area contributed by atoms with E-state index in [-0.39, 0.29) is 24.8 Å². The van der Waals surface area contributed by atoms with Crippen molar-refractivity contribution in [2.45, 2.75) is 104 Å². The fourth-order valence-corrected chi connectivity index (χ4v) is 4.96. The molecule has 0 saturated heterocycles. The molecular weight excluding hydrogens is 486 g/mol. The number of hydrogen-bond donors (Lipinski definition) is 0. The van der Waals surface area contributed by atoms with Crippen LogP contribution < -0.4 is 24.8 Å². The van der Waals surface area contributed by atoms with Crippen LogP contribution in [0.3, 0.4) is 0 Å². The Morgan fingerprint density at radius 2 is 1.10 bits per heavy atom. The van der Waals surface area contributed by atoms with Gasteiger partial charge in [-0.3, -0.25) is 12.2 Å². The van der Waals surface area contributed by atoms with Gasteiger partial charge in [0.05, 0.1) is 0 Å². The van der Waals surface area contributed by atoms with Crippen molar-refractivity contribution in [3.8, 4) is 0 Å². The van der Waals surface area contributed by atoms with Crippen LogP contribution in [0.5, 0.6) is 0 Å². The molecule has 0 radical (unpaired) electrons. The molecule has 0 N–H and O–H groups in total. The molecule has 0 heterocycles. The van der Waals surface area contributed by atoms with Gasteiger partial charge in [-0.1, -0.05) is 103 Å². The van der Waals surface area contributed by atoms with Crippen LogP contribution in [0.15, 0.2) is 34.4 Å². The minimum Gasteiger partial charge on any atom is -1.00 e. The average molecular weight is 527 g/mol. The van der Waals surface area contributed by atoms with Crippen molar-refractivity contribution < 1.29 is 49.0 Å². The predicted molar refractivity (Wildman–Crippen MR) is 120 cm³/mol. The smallest absolute Gasteiger partial charge is 1.00 e. The van der Waals surface area contributed by atoms with E-state index >= 15 is 0 Å². The minimum atomic E-state index is 0. The first-order valence-corrected chi connectivity index (χ1v) is 13.5. The van der Waals surface area contributed by atoms with E-state index in [1.165, 1.54) is 114 Å². The summed E-state index contributed by atoms with van der Waals surface area (Å²) in [6.07, 6.45) is 30.6. The average Bonchev–Trinajstić information content (AvgIpc) is 3.37. The Morgan fingerprint density at radius 3 is 1.47 bits per heavy atom. The topological polar surface area (TPSA) is 0 Å².